The van der Waals surface area contributed by atoms with E-state index in [2.05, 4.69) is 0 Å². The number of aromatic amines is 1. The van der Waals surface area contributed by atoms with E-state index in [9.17, 15) is 32.6 Å². The smallest absolute Gasteiger partial charge is 0.330 e. The first-order chi connectivity index (χ1) is 9.61. The number of primary sulfonamides is 1. The molecule has 2 rings (SSSR count). The second-order valence-electron chi connectivity index (χ2n) is 4.48. The van der Waals surface area contributed by atoms with Crippen molar-refractivity contribution in [2.75, 3.05) is 0 Å². The van der Waals surface area contributed by atoms with Crippen LogP contribution in [-0.2, 0) is 14.8 Å². The van der Waals surface area contributed by atoms with Crippen LogP contribution in [0.1, 0.15) is 12.6 Å². The lowest BCUT2D eigenvalue weighted by Crippen LogP contribution is -2.43. The number of nitrogens with one attached hydrogen (secondary N) is 1. The molecule has 1 fully saturated rings. The Kier molecular flexibility index (Phi) is 3.99. The van der Waals surface area contributed by atoms with E-state index in [4.69, 9.17) is 9.88 Å². The van der Waals surface area contributed by atoms with Gasteiger partial charge in [-0.2, -0.15) is 4.39 Å². The highest BCUT2D eigenvalue weighted by atomic mass is 32.2. The van der Waals surface area contributed by atoms with Crippen LogP contribution in [0.4, 0.5) is 4.39 Å². The molecule has 21 heavy (non-hydrogen) atoms. The average molecular weight is 325 g/mol. The van der Waals surface area contributed by atoms with Gasteiger partial charge in [0.05, 0.1) is 12.3 Å². The van der Waals surface area contributed by atoms with Gasteiger partial charge in [0.1, 0.15) is 12.3 Å². The fourth-order valence-electron chi connectivity index (χ4n) is 1.97. The number of sulfonamides is 1. The van der Waals surface area contributed by atoms with Gasteiger partial charge in [0, 0.05) is 6.42 Å². The number of aromatic nitrogens is 2. The van der Waals surface area contributed by atoms with Crippen molar-refractivity contribution in [1.82, 2.24) is 9.55 Å². The van der Waals surface area contributed by atoms with Crippen LogP contribution < -0.4 is 16.4 Å². The molecule has 1 aliphatic rings. The number of ether oxygens (including phenoxy) is 1. The number of halogens is 1. The topological polar surface area (TPSA) is 165 Å². The normalized spacial score (nSPS) is 27.7. The zero-order chi connectivity index (χ0) is 15.9. The van der Waals surface area contributed by atoms with Gasteiger partial charge in [0.25, 0.3) is 5.56 Å². The Balaban J connectivity index is 2.32. The predicted molar refractivity (Wildman–Crippen MR) is 64.9 cm³/mol. The lowest BCUT2D eigenvalue weighted by Gasteiger charge is -2.19. The van der Waals surface area contributed by atoms with Crippen molar-refractivity contribution in [2.24, 2.45) is 5.14 Å². The molecule has 2 heterocycles. The molecule has 118 valence electrons. The lowest BCUT2D eigenvalue weighted by atomic mass is 10.2. The summed E-state index contributed by atoms with van der Waals surface area (Å²) in [4.78, 5) is 24.1. The van der Waals surface area contributed by atoms with Gasteiger partial charge in [0.15, 0.2) is 5.44 Å². The van der Waals surface area contributed by atoms with E-state index in [0.717, 1.165) is 0 Å². The van der Waals surface area contributed by atoms with Gasteiger partial charge in [0.2, 0.25) is 15.8 Å². The van der Waals surface area contributed by atoms with Gasteiger partial charge in [-0.25, -0.2) is 18.4 Å². The summed E-state index contributed by atoms with van der Waals surface area (Å²) in [5.41, 5.74) is -4.44. The Morgan fingerprint density at radius 2 is 2.14 bits per heavy atom. The van der Waals surface area contributed by atoms with Crippen LogP contribution in [0.25, 0.3) is 0 Å². The Morgan fingerprint density at radius 3 is 2.71 bits per heavy atom. The maximum atomic E-state index is 13.2. The van der Waals surface area contributed by atoms with E-state index in [0.29, 0.717) is 10.8 Å². The molecule has 1 aromatic heterocycles. The first-order valence-electron chi connectivity index (χ1n) is 5.65. The first-order valence-corrected chi connectivity index (χ1v) is 7.26. The number of aliphatic hydroxyl groups excluding tert-OH is 2. The first kappa shape index (κ1) is 15.8. The maximum Gasteiger partial charge on any atom is 0.330 e. The second-order valence-corrected chi connectivity index (χ2v) is 6.14. The SMILES string of the molecule is NS(=O)(=O)C(O)[C@H]1O[C@@H](n2cc(F)c(=O)[nH]c2=O)C[C@@H]1O. The minimum atomic E-state index is -4.40. The molecular formula is C9H12FN3O7S. The van der Waals surface area contributed by atoms with E-state index >= 15 is 0 Å². The number of rotatable bonds is 3. The van der Waals surface area contributed by atoms with Crippen LogP contribution in [0, 0.1) is 5.82 Å². The maximum absolute atomic E-state index is 13.2. The molecule has 4 atom stereocenters. The zero-order valence-electron chi connectivity index (χ0n) is 10.3. The quantitative estimate of drug-likeness (QED) is 0.458. The molecule has 0 aliphatic carbocycles. The molecule has 0 bridgehead atoms. The molecule has 0 amide bonds. The van der Waals surface area contributed by atoms with Gasteiger partial charge < -0.3 is 14.9 Å². The van der Waals surface area contributed by atoms with Crippen LogP contribution in [0.3, 0.4) is 0 Å². The lowest BCUT2D eigenvalue weighted by molar-refractivity contribution is -0.0590. The van der Waals surface area contributed by atoms with E-state index in [1.807, 2.05) is 0 Å². The highest BCUT2D eigenvalue weighted by Gasteiger charge is 2.44. The van der Waals surface area contributed by atoms with Crippen molar-refractivity contribution < 1.29 is 27.8 Å². The van der Waals surface area contributed by atoms with E-state index in [1.54, 1.807) is 4.98 Å². The summed E-state index contributed by atoms with van der Waals surface area (Å²) in [6, 6.07) is 0. The van der Waals surface area contributed by atoms with Crippen molar-refractivity contribution in [1.29, 1.82) is 0 Å². The number of nitrogens with zero attached hydrogens (tertiary/aromatic N) is 1. The Labute approximate surface area is 116 Å². The highest BCUT2D eigenvalue weighted by Crippen LogP contribution is 2.30. The van der Waals surface area contributed by atoms with Gasteiger partial charge in [-0.15, -0.1) is 0 Å². The third-order valence-corrected chi connectivity index (χ3v) is 3.93. The predicted octanol–water partition coefficient (Wildman–Crippen LogP) is -3.07. The van der Waals surface area contributed by atoms with Crippen molar-refractivity contribution in [2.45, 2.75) is 30.3 Å². The van der Waals surface area contributed by atoms with Crippen LogP contribution in [0.5, 0.6) is 0 Å². The number of H-pyrrole nitrogens is 1. The molecular weight excluding hydrogens is 313 g/mol. The monoisotopic (exact) mass is 325 g/mol. The molecule has 1 aliphatic heterocycles. The van der Waals surface area contributed by atoms with Gasteiger partial charge in [-0.05, 0) is 0 Å². The molecule has 0 radical (unpaired) electrons. The third-order valence-electron chi connectivity index (χ3n) is 2.99. The Bertz CT molecular complexity index is 757. The average Bonchev–Trinajstić information content (AvgIpc) is 2.73. The van der Waals surface area contributed by atoms with Crippen LogP contribution in [0.15, 0.2) is 15.8 Å². The van der Waals surface area contributed by atoms with Crippen molar-refractivity contribution >= 4 is 10.0 Å². The highest BCUT2D eigenvalue weighted by molar-refractivity contribution is 7.89. The zero-order valence-corrected chi connectivity index (χ0v) is 11.2. The molecule has 1 unspecified atom stereocenters. The molecule has 0 spiro atoms. The molecule has 1 aromatic rings. The summed E-state index contributed by atoms with van der Waals surface area (Å²) in [5, 5.41) is 23.9. The number of hydrogen-bond acceptors (Lipinski definition) is 7. The fourth-order valence-corrected chi connectivity index (χ4v) is 2.59. The number of hydrogen-bond donors (Lipinski definition) is 4. The minimum Gasteiger partial charge on any atom is -0.390 e. The number of aliphatic hydroxyl groups is 2. The molecule has 0 aromatic carbocycles. The molecule has 0 saturated carbocycles. The summed E-state index contributed by atoms with van der Waals surface area (Å²) in [6.45, 7) is 0. The van der Waals surface area contributed by atoms with Gasteiger partial charge in [-0.1, -0.05) is 0 Å². The van der Waals surface area contributed by atoms with Gasteiger partial charge in [-0.3, -0.25) is 14.3 Å². The van der Waals surface area contributed by atoms with E-state index in [1.165, 1.54) is 0 Å². The summed E-state index contributed by atoms with van der Waals surface area (Å²) in [7, 11) is -4.40. The molecule has 12 heteroatoms. The van der Waals surface area contributed by atoms with Crippen molar-refractivity contribution in [3.05, 3.63) is 32.9 Å². The second kappa shape index (κ2) is 5.31. The molecule has 1 saturated heterocycles. The summed E-state index contributed by atoms with van der Waals surface area (Å²) < 4.78 is 40.9. The van der Waals surface area contributed by atoms with E-state index in [-0.39, 0.29) is 6.42 Å². The minimum absolute atomic E-state index is 0.303. The molecule has 10 nitrogen and oxygen atoms in total. The summed E-state index contributed by atoms with van der Waals surface area (Å²) in [5.74, 6) is -1.26. The van der Waals surface area contributed by atoms with Crippen LogP contribution >= 0.6 is 0 Å². The fraction of sp³-hybridized carbons (Fsp3) is 0.556. The third kappa shape index (κ3) is 3.03. The molecule has 5 N–H and O–H groups in total. The number of nitrogens with two attached hydrogens (primary N) is 1. The standard InChI is InChI=1S/C9H12FN3O7S/c10-3-2-13(9(17)12-7(3)15)5-1-4(14)6(20-5)8(16)21(11,18)19/h2,4-6,8,14,16H,1H2,(H2,11,18,19)(H,12,15,17)/t4-,5+,6-,8?/m0/s1. The summed E-state index contributed by atoms with van der Waals surface area (Å²) >= 11 is 0. The van der Waals surface area contributed by atoms with Crippen molar-refractivity contribution in [3.63, 3.8) is 0 Å². The van der Waals surface area contributed by atoms with Crippen LogP contribution in [-0.4, -0.2) is 45.8 Å². The van der Waals surface area contributed by atoms with E-state index < -0.39 is 51.0 Å². The Hall–Kier alpha value is -1.60. The Morgan fingerprint density at radius 1 is 1.52 bits per heavy atom. The van der Waals surface area contributed by atoms with Gasteiger partial charge >= 0.3 is 5.69 Å². The summed E-state index contributed by atoms with van der Waals surface area (Å²) in [6.07, 6.45) is -4.07. The van der Waals surface area contributed by atoms with Crippen LogP contribution in [0.2, 0.25) is 0 Å². The largest absolute Gasteiger partial charge is 0.390 e. The van der Waals surface area contributed by atoms with Crippen molar-refractivity contribution in [3.8, 4) is 0 Å².